The first-order valence-corrected chi connectivity index (χ1v) is 7.44. The number of aromatic nitrogens is 1. The van der Waals surface area contributed by atoms with Gasteiger partial charge in [-0.15, -0.1) is 0 Å². The number of rotatable bonds is 8. The summed E-state index contributed by atoms with van der Waals surface area (Å²) < 4.78 is 5.43. The van der Waals surface area contributed by atoms with E-state index in [2.05, 4.69) is 16.9 Å². The lowest BCUT2D eigenvalue weighted by atomic mass is 9.80. The number of nitrogens with zero attached hydrogens (tertiary/aromatic N) is 1. The van der Waals surface area contributed by atoms with E-state index in [0.29, 0.717) is 18.9 Å². The molecule has 0 fully saturated rings. The third kappa shape index (κ3) is 4.84. The molecule has 1 atom stereocenters. The second kappa shape index (κ2) is 7.94. The van der Waals surface area contributed by atoms with Crippen molar-refractivity contribution in [1.82, 2.24) is 10.3 Å². The Kier molecular flexibility index (Phi) is 6.56. The van der Waals surface area contributed by atoms with Gasteiger partial charge < -0.3 is 15.2 Å². The second-order valence-electron chi connectivity index (χ2n) is 6.31. The summed E-state index contributed by atoms with van der Waals surface area (Å²) in [5.74, 6) is 0.221. The van der Waals surface area contributed by atoms with Crippen molar-refractivity contribution in [3.8, 4) is 5.75 Å². The number of hydrogen-bond donors (Lipinski definition) is 2. The summed E-state index contributed by atoms with van der Waals surface area (Å²) in [6, 6.07) is 3.40. The molecule has 1 aromatic heterocycles. The van der Waals surface area contributed by atoms with E-state index in [1.54, 1.807) is 24.4 Å². The molecule has 0 spiro atoms. The molecule has 2 N–H and O–H groups in total. The summed E-state index contributed by atoms with van der Waals surface area (Å²) in [6.07, 6.45) is 2.65. The highest BCUT2D eigenvalue weighted by atomic mass is 16.5. The van der Waals surface area contributed by atoms with Crippen molar-refractivity contribution < 1.29 is 14.6 Å². The maximum absolute atomic E-state index is 12.3. The molecule has 0 bridgehead atoms. The molecule has 1 heterocycles. The van der Waals surface area contributed by atoms with Crippen molar-refractivity contribution in [3.05, 3.63) is 36.7 Å². The van der Waals surface area contributed by atoms with Crippen LogP contribution in [0.25, 0.3) is 0 Å². The third-order valence-corrected chi connectivity index (χ3v) is 3.48. The topological polar surface area (TPSA) is 71.5 Å². The van der Waals surface area contributed by atoms with Crippen LogP contribution in [0.4, 0.5) is 0 Å². The SMILES string of the molecule is C=CCOc1cccnc1C(=O)NCC(C)(C)C(O)C(C)C. The molecule has 5 heteroatoms. The highest BCUT2D eigenvalue weighted by Crippen LogP contribution is 2.25. The average molecular weight is 306 g/mol. The van der Waals surface area contributed by atoms with Gasteiger partial charge in [-0.3, -0.25) is 4.79 Å². The predicted molar refractivity (Wildman–Crippen MR) is 86.9 cm³/mol. The van der Waals surface area contributed by atoms with E-state index in [1.807, 2.05) is 27.7 Å². The van der Waals surface area contributed by atoms with Crippen molar-refractivity contribution in [3.63, 3.8) is 0 Å². The van der Waals surface area contributed by atoms with E-state index in [-0.39, 0.29) is 17.5 Å². The van der Waals surface area contributed by atoms with Crippen LogP contribution in [0, 0.1) is 11.3 Å². The molecule has 0 saturated heterocycles. The van der Waals surface area contributed by atoms with Gasteiger partial charge in [-0.25, -0.2) is 4.98 Å². The summed E-state index contributed by atoms with van der Waals surface area (Å²) in [6.45, 7) is 12.0. The number of hydrogen-bond acceptors (Lipinski definition) is 4. The Labute approximate surface area is 132 Å². The van der Waals surface area contributed by atoms with Crippen LogP contribution in [-0.2, 0) is 0 Å². The molecule has 0 aliphatic rings. The van der Waals surface area contributed by atoms with Crippen LogP contribution in [0.5, 0.6) is 5.75 Å². The Bertz CT molecular complexity index is 512. The molecule has 1 rings (SSSR count). The Balaban J connectivity index is 2.75. The maximum atomic E-state index is 12.3. The van der Waals surface area contributed by atoms with Gasteiger partial charge in [0.05, 0.1) is 6.10 Å². The fourth-order valence-corrected chi connectivity index (χ4v) is 2.22. The first kappa shape index (κ1) is 18.2. The summed E-state index contributed by atoms with van der Waals surface area (Å²) in [5, 5.41) is 13.0. The fourth-order valence-electron chi connectivity index (χ4n) is 2.22. The third-order valence-electron chi connectivity index (χ3n) is 3.48. The van der Waals surface area contributed by atoms with Crippen LogP contribution in [0.3, 0.4) is 0 Å². The zero-order valence-corrected chi connectivity index (χ0v) is 13.8. The van der Waals surface area contributed by atoms with E-state index in [0.717, 1.165) is 0 Å². The second-order valence-corrected chi connectivity index (χ2v) is 6.31. The molecule has 0 aliphatic carbocycles. The van der Waals surface area contributed by atoms with Crippen LogP contribution >= 0.6 is 0 Å². The zero-order chi connectivity index (χ0) is 16.8. The van der Waals surface area contributed by atoms with Gasteiger partial charge in [0.1, 0.15) is 6.61 Å². The molecule has 0 aromatic carbocycles. The average Bonchev–Trinajstić information content (AvgIpc) is 2.50. The normalized spacial score (nSPS) is 12.8. The largest absolute Gasteiger partial charge is 0.487 e. The first-order valence-electron chi connectivity index (χ1n) is 7.44. The lowest BCUT2D eigenvalue weighted by Crippen LogP contribution is -2.43. The highest BCUT2D eigenvalue weighted by Gasteiger charge is 2.31. The molecule has 1 amide bonds. The van der Waals surface area contributed by atoms with Crippen molar-refractivity contribution in [2.75, 3.05) is 13.2 Å². The number of ether oxygens (including phenoxy) is 1. The number of nitrogens with one attached hydrogen (secondary N) is 1. The van der Waals surface area contributed by atoms with Gasteiger partial charge in [-0.2, -0.15) is 0 Å². The van der Waals surface area contributed by atoms with Crippen LogP contribution in [0.2, 0.25) is 0 Å². The quantitative estimate of drug-likeness (QED) is 0.724. The number of amides is 1. The van der Waals surface area contributed by atoms with E-state index in [1.165, 1.54) is 0 Å². The minimum atomic E-state index is -0.506. The van der Waals surface area contributed by atoms with Gasteiger partial charge in [0.15, 0.2) is 11.4 Å². The molecule has 22 heavy (non-hydrogen) atoms. The van der Waals surface area contributed by atoms with Gasteiger partial charge in [0.25, 0.3) is 5.91 Å². The predicted octanol–water partition coefficient (Wildman–Crippen LogP) is 2.42. The highest BCUT2D eigenvalue weighted by molar-refractivity contribution is 5.94. The summed E-state index contributed by atoms with van der Waals surface area (Å²) in [5.41, 5.74) is -0.194. The molecule has 0 saturated carbocycles. The lowest BCUT2D eigenvalue weighted by Gasteiger charge is -2.33. The first-order chi connectivity index (χ1) is 10.3. The molecular formula is C17H26N2O3. The Morgan fingerprint density at radius 1 is 1.55 bits per heavy atom. The van der Waals surface area contributed by atoms with Gasteiger partial charge in [0.2, 0.25) is 0 Å². The van der Waals surface area contributed by atoms with Crippen molar-refractivity contribution in [2.24, 2.45) is 11.3 Å². The van der Waals surface area contributed by atoms with Crippen molar-refractivity contribution in [1.29, 1.82) is 0 Å². The smallest absolute Gasteiger partial charge is 0.273 e. The molecule has 0 aliphatic heterocycles. The Morgan fingerprint density at radius 2 is 2.23 bits per heavy atom. The lowest BCUT2D eigenvalue weighted by molar-refractivity contribution is 0.0137. The van der Waals surface area contributed by atoms with Gasteiger partial charge >= 0.3 is 0 Å². The minimum Gasteiger partial charge on any atom is -0.487 e. The number of pyridine rings is 1. The molecule has 1 aromatic rings. The molecule has 5 nitrogen and oxygen atoms in total. The van der Waals surface area contributed by atoms with Crippen LogP contribution in [0.15, 0.2) is 31.0 Å². The van der Waals surface area contributed by atoms with Gasteiger partial charge in [-0.1, -0.05) is 40.3 Å². The Hall–Kier alpha value is -1.88. The number of carbonyl (C=O) groups excluding carboxylic acids is 1. The van der Waals surface area contributed by atoms with E-state index in [4.69, 9.17) is 4.74 Å². The molecule has 122 valence electrons. The Morgan fingerprint density at radius 3 is 2.82 bits per heavy atom. The minimum absolute atomic E-state index is 0.119. The standard InChI is InChI=1S/C17H26N2O3/c1-6-10-22-13-8-7-9-18-14(13)16(21)19-11-17(4,5)15(20)12(2)3/h6-9,12,15,20H,1,10-11H2,2-5H3,(H,19,21). The van der Waals surface area contributed by atoms with Crippen molar-refractivity contribution in [2.45, 2.75) is 33.8 Å². The molecule has 0 radical (unpaired) electrons. The van der Waals surface area contributed by atoms with Gasteiger partial charge in [0, 0.05) is 18.2 Å². The summed E-state index contributed by atoms with van der Waals surface area (Å²) >= 11 is 0. The van der Waals surface area contributed by atoms with Crippen LogP contribution in [0.1, 0.15) is 38.2 Å². The molecule has 1 unspecified atom stereocenters. The fraction of sp³-hybridized carbons (Fsp3) is 0.529. The number of carbonyl (C=O) groups is 1. The van der Waals surface area contributed by atoms with E-state index >= 15 is 0 Å². The van der Waals surface area contributed by atoms with Crippen LogP contribution in [-0.4, -0.2) is 35.3 Å². The van der Waals surface area contributed by atoms with Crippen molar-refractivity contribution >= 4 is 5.91 Å². The van der Waals surface area contributed by atoms with Crippen LogP contribution < -0.4 is 10.1 Å². The number of aliphatic hydroxyl groups excluding tert-OH is 1. The summed E-state index contributed by atoms with van der Waals surface area (Å²) in [4.78, 5) is 16.4. The molecular weight excluding hydrogens is 280 g/mol. The zero-order valence-electron chi connectivity index (χ0n) is 13.8. The van der Waals surface area contributed by atoms with E-state index < -0.39 is 11.5 Å². The van der Waals surface area contributed by atoms with Gasteiger partial charge in [-0.05, 0) is 18.1 Å². The maximum Gasteiger partial charge on any atom is 0.273 e. The monoisotopic (exact) mass is 306 g/mol. The van der Waals surface area contributed by atoms with E-state index in [9.17, 15) is 9.90 Å². The number of aliphatic hydroxyl groups is 1. The summed E-state index contributed by atoms with van der Waals surface area (Å²) in [7, 11) is 0.